The predicted octanol–water partition coefficient (Wildman–Crippen LogP) is 7.81. The van der Waals surface area contributed by atoms with Crippen molar-refractivity contribution in [3.05, 3.63) is 60.7 Å². The van der Waals surface area contributed by atoms with Crippen molar-refractivity contribution in [1.82, 2.24) is 0 Å². The van der Waals surface area contributed by atoms with Gasteiger partial charge in [-0.2, -0.15) is 0 Å². The maximum Gasteiger partial charge on any atom is -0.00268 e. The van der Waals surface area contributed by atoms with Gasteiger partial charge in [-0.3, -0.25) is 0 Å². The lowest BCUT2D eigenvalue weighted by Crippen LogP contribution is -1.85. The molecular weight excluding hydrogens is 288 g/mol. The molecule has 0 radical (unpaired) electrons. The van der Waals surface area contributed by atoms with Crippen LogP contribution in [0.2, 0.25) is 0 Å². The third-order valence-electron chi connectivity index (χ3n) is 4.78. The first kappa shape index (κ1) is 16.8. The Morgan fingerprint density at radius 1 is 0.625 bits per heavy atom. The van der Waals surface area contributed by atoms with Crippen molar-refractivity contribution in [2.45, 2.75) is 46.5 Å². The van der Waals surface area contributed by atoms with E-state index >= 15 is 0 Å². The molecular formula is C24H28. The van der Waals surface area contributed by atoms with E-state index in [1.807, 2.05) is 0 Å². The number of benzene rings is 4. The second kappa shape index (κ2) is 7.66. The van der Waals surface area contributed by atoms with E-state index in [-0.39, 0.29) is 0 Å². The van der Waals surface area contributed by atoms with Gasteiger partial charge < -0.3 is 0 Å². The Morgan fingerprint density at radius 2 is 1.04 bits per heavy atom. The van der Waals surface area contributed by atoms with Gasteiger partial charge in [0.25, 0.3) is 0 Å². The molecule has 0 spiro atoms. The van der Waals surface area contributed by atoms with E-state index in [1.54, 1.807) is 0 Å². The number of unbranched alkanes of at least 4 members (excludes halogenated alkanes) is 2. The van der Waals surface area contributed by atoms with Gasteiger partial charge in [-0.15, -0.1) is 0 Å². The van der Waals surface area contributed by atoms with Crippen LogP contribution in [0.1, 0.15) is 46.5 Å². The zero-order valence-electron chi connectivity index (χ0n) is 15.2. The van der Waals surface area contributed by atoms with Gasteiger partial charge in [0.2, 0.25) is 0 Å². The quantitative estimate of drug-likeness (QED) is 0.266. The molecule has 0 aliphatic heterocycles. The third-order valence-corrected chi connectivity index (χ3v) is 4.78. The fourth-order valence-corrected chi connectivity index (χ4v) is 3.47. The zero-order chi connectivity index (χ0) is 16.9. The van der Waals surface area contributed by atoms with Crippen LogP contribution in [0.3, 0.4) is 0 Å². The standard InChI is InChI=1S/C16H10.C8H18/c1-3-11-7-9-13-5-2-6-14-10-8-12(4-1)15(11)16(13)14;1-4-5-6-7-8(2)3/h1-10H;8H,4-7H2,1-3H3. The van der Waals surface area contributed by atoms with Crippen LogP contribution in [0.5, 0.6) is 0 Å². The van der Waals surface area contributed by atoms with E-state index in [1.165, 1.54) is 58.0 Å². The summed E-state index contributed by atoms with van der Waals surface area (Å²) in [6, 6.07) is 21.9. The minimum Gasteiger partial charge on any atom is -0.0654 e. The van der Waals surface area contributed by atoms with Crippen LogP contribution in [0.25, 0.3) is 32.3 Å². The molecule has 0 nitrogen and oxygen atoms in total. The lowest BCUT2D eigenvalue weighted by Gasteiger charge is -2.09. The van der Waals surface area contributed by atoms with Gasteiger partial charge in [-0.25, -0.2) is 0 Å². The molecule has 4 aromatic rings. The molecule has 0 aliphatic carbocycles. The first-order chi connectivity index (χ1) is 11.7. The minimum atomic E-state index is 0.904. The molecule has 0 aromatic heterocycles. The second-order valence-electron chi connectivity index (χ2n) is 7.18. The highest BCUT2D eigenvalue weighted by Gasteiger charge is 2.05. The minimum absolute atomic E-state index is 0.904. The summed E-state index contributed by atoms with van der Waals surface area (Å²) in [4.78, 5) is 0. The summed E-state index contributed by atoms with van der Waals surface area (Å²) in [6.07, 6.45) is 5.60. The van der Waals surface area contributed by atoms with Crippen molar-refractivity contribution < 1.29 is 0 Å². The van der Waals surface area contributed by atoms with Gasteiger partial charge in [0.1, 0.15) is 0 Å². The monoisotopic (exact) mass is 316 g/mol. The molecule has 0 atom stereocenters. The van der Waals surface area contributed by atoms with Crippen molar-refractivity contribution in [3.8, 4) is 0 Å². The van der Waals surface area contributed by atoms with E-state index in [0.29, 0.717) is 0 Å². The highest BCUT2D eigenvalue weighted by Crippen LogP contribution is 2.33. The summed E-state index contributed by atoms with van der Waals surface area (Å²) in [5, 5.41) is 8.14. The first-order valence-corrected chi connectivity index (χ1v) is 9.33. The van der Waals surface area contributed by atoms with Crippen LogP contribution >= 0.6 is 0 Å². The molecule has 4 aromatic carbocycles. The first-order valence-electron chi connectivity index (χ1n) is 9.33. The molecule has 0 bridgehead atoms. The van der Waals surface area contributed by atoms with Crippen molar-refractivity contribution in [3.63, 3.8) is 0 Å². The highest BCUT2D eigenvalue weighted by atomic mass is 14.1. The Hall–Kier alpha value is -2.08. The summed E-state index contributed by atoms with van der Waals surface area (Å²) in [7, 11) is 0. The van der Waals surface area contributed by atoms with E-state index < -0.39 is 0 Å². The van der Waals surface area contributed by atoms with Crippen molar-refractivity contribution in [1.29, 1.82) is 0 Å². The van der Waals surface area contributed by atoms with Crippen LogP contribution in [0.15, 0.2) is 60.7 Å². The zero-order valence-corrected chi connectivity index (χ0v) is 15.2. The molecule has 0 amide bonds. The van der Waals surface area contributed by atoms with Gasteiger partial charge >= 0.3 is 0 Å². The van der Waals surface area contributed by atoms with Gasteiger partial charge in [-0.1, -0.05) is 107 Å². The fourth-order valence-electron chi connectivity index (χ4n) is 3.47. The molecule has 0 heteroatoms. The van der Waals surface area contributed by atoms with Crippen LogP contribution in [-0.2, 0) is 0 Å². The van der Waals surface area contributed by atoms with Gasteiger partial charge in [0.05, 0.1) is 0 Å². The molecule has 4 rings (SSSR count). The average molecular weight is 316 g/mol. The van der Waals surface area contributed by atoms with Gasteiger partial charge in [-0.05, 0) is 38.2 Å². The Kier molecular flexibility index (Phi) is 5.35. The van der Waals surface area contributed by atoms with Crippen LogP contribution < -0.4 is 0 Å². The maximum atomic E-state index is 2.29. The van der Waals surface area contributed by atoms with E-state index in [9.17, 15) is 0 Å². The number of rotatable bonds is 4. The van der Waals surface area contributed by atoms with Crippen LogP contribution in [0, 0.1) is 5.92 Å². The fraction of sp³-hybridized carbons (Fsp3) is 0.333. The molecule has 0 saturated carbocycles. The van der Waals surface area contributed by atoms with Crippen molar-refractivity contribution in [2.75, 3.05) is 0 Å². The van der Waals surface area contributed by atoms with Crippen molar-refractivity contribution in [2.24, 2.45) is 5.92 Å². The Morgan fingerprint density at radius 3 is 1.38 bits per heavy atom. The molecule has 0 aliphatic rings. The summed E-state index contributed by atoms with van der Waals surface area (Å²) < 4.78 is 0. The topological polar surface area (TPSA) is 0 Å². The molecule has 24 heavy (non-hydrogen) atoms. The van der Waals surface area contributed by atoms with Gasteiger partial charge in [0, 0.05) is 0 Å². The normalized spacial score (nSPS) is 11.3. The maximum absolute atomic E-state index is 2.29. The van der Waals surface area contributed by atoms with Crippen LogP contribution in [0.4, 0.5) is 0 Å². The molecule has 0 heterocycles. The van der Waals surface area contributed by atoms with E-state index in [2.05, 4.69) is 81.4 Å². The van der Waals surface area contributed by atoms with E-state index in [4.69, 9.17) is 0 Å². The summed E-state index contributed by atoms with van der Waals surface area (Å²) >= 11 is 0. The molecule has 124 valence electrons. The molecule has 0 N–H and O–H groups in total. The smallest absolute Gasteiger partial charge is 0.00268 e. The average Bonchev–Trinajstić information content (AvgIpc) is 2.60. The lowest BCUT2D eigenvalue weighted by molar-refractivity contribution is 0.534. The largest absolute Gasteiger partial charge is 0.0654 e. The Labute approximate surface area is 145 Å². The van der Waals surface area contributed by atoms with Crippen LogP contribution in [-0.4, -0.2) is 0 Å². The summed E-state index contributed by atoms with van der Waals surface area (Å²) in [5.74, 6) is 0.904. The lowest BCUT2D eigenvalue weighted by atomic mass is 9.95. The Balaban J connectivity index is 0.000000183. The summed E-state index contributed by atoms with van der Waals surface area (Å²) in [5.41, 5.74) is 0. The molecule has 0 saturated heterocycles. The summed E-state index contributed by atoms with van der Waals surface area (Å²) in [6.45, 7) is 6.83. The second-order valence-corrected chi connectivity index (χ2v) is 7.18. The SMILES string of the molecule is CCCCCC(C)C.c1cc2ccc3cccc4ccc(c1)c2c34. The Bertz CT molecular complexity index is 772. The van der Waals surface area contributed by atoms with E-state index in [0.717, 1.165) is 5.92 Å². The van der Waals surface area contributed by atoms with Crippen molar-refractivity contribution >= 4 is 32.3 Å². The molecule has 0 fully saturated rings. The number of hydrogen-bond acceptors (Lipinski definition) is 0. The van der Waals surface area contributed by atoms with Gasteiger partial charge in [0.15, 0.2) is 0 Å². The third kappa shape index (κ3) is 3.53. The number of hydrogen-bond donors (Lipinski definition) is 0. The highest BCUT2D eigenvalue weighted by molar-refractivity contribution is 6.22. The predicted molar refractivity (Wildman–Crippen MR) is 109 cm³/mol. The molecule has 0 unspecified atom stereocenters.